The van der Waals surface area contributed by atoms with E-state index in [0.29, 0.717) is 24.5 Å². The standard InChI is InChI=1S/C16H23NO4/c1-11(2)17(9-6-10-18)16(19)15-12(3)20-13-7-4-5-8-14(13)21-15/h4-5,7-8,11-12,15,18H,6,9-10H2,1-3H3. The summed E-state index contributed by atoms with van der Waals surface area (Å²) >= 11 is 0. The first-order valence-electron chi connectivity index (χ1n) is 7.38. The van der Waals surface area contributed by atoms with Crippen LogP contribution in [0.3, 0.4) is 0 Å². The molecule has 1 amide bonds. The Balaban J connectivity index is 2.14. The maximum Gasteiger partial charge on any atom is 0.267 e. The predicted molar refractivity (Wildman–Crippen MR) is 79.5 cm³/mol. The van der Waals surface area contributed by atoms with Gasteiger partial charge >= 0.3 is 0 Å². The minimum atomic E-state index is -0.652. The summed E-state index contributed by atoms with van der Waals surface area (Å²) in [6.45, 7) is 6.33. The van der Waals surface area contributed by atoms with E-state index in [0.717, 1.165) is 0 Å². The molecule has 2 atom stereocenters. The van der Waals surface area contributed by atoms with Crippen molar-refractivity contribution in [1.29, 1.82) is 0 Å². The lowest BCUT2D eigenvalue weighted by molar-refractivity contribution is -0.146. The van der Waals surface area contributed by atoms with E-state index in [1.54, 1.807) is 11.0 Å². The third-order valence-corrected chi connectivity index (χ3v) is 3.55. The molecular weight excluding hydrogens is 270 g/mol. The number of benzene rings is 1. The minimum Gasteiger partial charge on any atom is -0.482 e. The highest BCUT2D eigenvalue weighted by atomic mass is 16.6. The van der Waals surface area contributed by atoms with Crippen LogP contribution in [0.1, 0.15) is 27.2 Å². The highest BCUT2D eigenvalue weighted by molar-refractivity contribution is 5.82. The van der Waals surface area contributed by atoms with Crippen molar-refractivity contribution in [3.8, 4) is 11.5 Å². The summed E-state index contributed by atoms with van der Waals surface area (Å²) in [6.07, 6.45) is -0.439. The van der Waals surface area contributed by atoms with E-state index in [4.69, 9.17) is 14.6 Å². The Labute approximate surface area is 125 Å². The smallest absolute Gasteiger partial charge is 0.267 e. The molecule has 1 aromatic carbocycles. The molecular formula is C16H23NO4. The number of rotatable bonds is 5. The number of carbonyl (C=O) groups excluding carboxylic acids is 1. The summed E-state index contributed by atoms with van der Waals surface area (Å²) in [6, 6.07) is 7.41. The van der Waals surface area contributed by atoms with Crippen LogP contribution < -0.4 is 9.47 Å². The number of amides is 1. The molecule has 1 heterocycles. The zero-order valence-corrected chi connectivity index (χ0v) is 12.8. The molecule has 1 aliphatic heterocycles. The number of fused-ring (bicyclic) bond motifs is 1. The lowest BCUT2D eigenvalue weighted by Gasteiger charge is -2.36. The number of para-hydroxylation sites is 2. The fraction of sp³-hybridized carbons (Fsp3) is 0.562. The van der Waals surface area contributed by atoms with Crippen LogP contribution in [0.25, 0.3) is 0 Å². The van der Waals surface area contributed by atoms with E-state index in [9.17, 15) is 4.79 Å². The predicted octanol–water partition coefficient (Wildman–Crippen LogP) is 1.83. The Morgan fingerprint density at radius 3 is 2.48 bits per heavy atom. The lowest BCUT2D eigenvalue weighted by atomic mass is 10.1. The molecule has 0 saturated carbocycles. The first-order valence-corrected chi connectivity index (χ1v) is 7.38. The van der Waals surface area contributed by atoms with Crippen LogP contribution in [-0.2, 0) is 4.79 Å². The maximum atomic E-state index is 12.7. The summed E-state index contributed by atoms with van der Waals surface area (Å²) in [7, 11) is 0. The average molecular weight is 293 g/mol. The van der Waals surface area contributed by atoms with E-state index in [-0.39, 0.29) is 24.7 Å². The van der Waals surface area contributed by atoms with Gasteiger partial charge in [-0.3, -0.25) is 4.79 Å². The Morgan fingerprint density at radius 2 is 1.90 bits per heavy atom. The Bertz CT molecular complexity index is 489. The SMILES string of the molecule is CC1Oc2ccccc2OC1C(=O)N(CCCO)C(C)C. The number of nitrogens with zero attached hydrogens (tertiary/aromatic N) is 1. The zero-order chi connectivity index (χ0) is 15.4. The molecule has 1 aliphatic rings. The molecule has 0 radical (unpaired) electrons. The van der Waals surface area contributed by atoms with Gasteiger partial charge in [-0.2, -0.15) is 0 Å². The number of hydrogen-bond donors (Lipinski definition) is 1. The van der Waals surface area contributed by atoms with Gasteiger partial charge in [0.15, 0.2) is 11.5 Å². The minimum absolute atomic E-state index is 0.0528. The van der Waals surface area contributed by atoms with E-state index in [1.807, 2.05) is 39.0 Å². The van der Waals surface area contributed by atoms with Crippen molar-refractivity contribution in [3.63, 3.8) is 0 Å². The highest BCUT2D eigenvalue weighted by Gasteiger charge is 2.37. The largest absolute Gasteiger partial charge is 0.482 e. The van der Waals surface area contributed by atoms with Crippen LogP contribution in [0.5, 0.6) is 11.5 Å². The molecule has 0 aromatic heterocycles. The second-order valence-corrected chi connectivity index (χ2v) is 5.51. The summed E-state index contributed by atoms with van der Waals surface area (Å²) in [5, 5.41) is 8.98. The molecule has 5 heteroatoms. The Hall–Kier alpha value is -1.75. The van der Waals surface area contributed by atoms with Gasteiger partial charge in [0, 0.05) is 19.2 Å². The molecule has 0 fully saturated rings. The van der Waals surface area contributed by atoms with Gasteiger partial charge in [-0.25, -0.2) is 0 Å². The van der Waals surface area contributed by atoms with Gasteiger partial charge in [0.05, 0.1) is 0 Å². The average Bonchev–Trinajstić information content (AvgIpc) is 2.46. The van der Waals surface area contributed by atoms with Gasteiger partial charge in [0.2, 0.25) is 6.10 Å². The van der Waals surface area contributed by atoms with Crippen LogP contribution in [0.4, 0.5) is 0 Å². The number of ether oxygens (including phenoxy) is 2. The molecule has 21 heavy (non-hydrogen) atoms. The first kappa shape index (κ1) is 15.6. The third kappa shape index (κ3) is 3.47. The van der Waals surface area contributed by atoms with Crippen molar-refractivity contribution < 1.29 is 19.4 Å². The van der Waals surface area contributed by atoms with E-state index in [2.05, 4.69) is 0 Å². The Kier molecular flexibility index (Phi) is 5.07. The second-order valence-electron chi connectivity index (χ2n) is 5.51. The van der Waals surface area contributed by atoms with E-state index < -0.39 is 6.10 Å². The molecule has 1 aromatic rings. The molecule has 0 spiro atoms. The maximum absolute atomic E-state index is 12.7. The molecule has 116 valence electrons. The van der Waals surface area contributed by atoms with Gasteiger partial charge < -0.3 is 19.5 Å². The number of hydrogen-bond acceptors (Lipinski definition) is 4. The van der Waals surface area contributed by atoms with E-state index >= 15 is 0 Å². The first-order chi connectivity index (χ1) is 10.0. The molecule has 0 saturated heterocycles. The number of aliphatic hydroxyl groups is 1. The lowest BCUT2D eigenvalue weighted by Crippen LogP contribution is -2.52. The number of aliphatic hydroxyl groups excluding tert-OH is 1. The molecule has 2 rings (SSSR count). The summed E-state index contributed by atoms with van der Waals surface area (Å²) in [5.74, 6) is 1.17. The fourth-order valence-corrected chi connectivity index (χ4v) is 2.42. The van der Waals surface area contributed by atoms with Gasteiger partial charge in [-0.1, -0.05) is 12.1 Å². The number of carbonyl (C=O) groups is 1. The van der Waals surface area contributed by atoms with Crippen molar-refractivity contribution in [3.05, 3.63) is 24.3 Å². The van der Waals surface area contributed by atoms with Gasteiger partial charge in [-0.05, 0) is 39.3 Å². The van der Waals surface area contributed by atoms with Crippen LogP contribution >= 0.6 is 0 Å². The summed E-state index contributed by atoms with van der Waals surface area (Å²) in [5.41, 5.74) is 0. The van der Waals surface area contributed by atoms with Gasteiger partial charge in [0.25, 0.3) is 5.91 Å². The zero-order valence-electron chi connectivity index (χ0n) is 12.8. The van der Waals surface area contributed by atoms with Crippen molar-refractivity contribution in [1.82, 2.24) is 4.90 Å². The molecule has 0 aliphatic carbocycles. The molecule has 1 N–H and O–H groups in total. The van der Waals surface area contributed by atoms with Crippen molar-refractivity contribution in [2.75, 3.05) is 13.2 Å². The van der Waals surface area contributed by atoms with Gasteiger partial charge in [0.1, 0.15) is 6.10 Å². The van der Waals surface area contributed by atoms with Crippen LogP contribution in [0, 0.1) is 0 Å². The monoisotopic (exact) mass is 293 g/mol. The normalized spacial score (nSPS) is 20.4. The Morgan fingerprint density at radius 1 is 1.29 bits per heavy atom. The van der Waals surface area contributed by atoms with E-state index in [1.165, 1.54) is 0 Å². The molecule has 2 unspecified atom stereocenters. The van der Waals surface area contributed by atoms with Crippen molar-refractivity contribution in [2.24, 2.45) is 0 Å². The summed E-state index contributed by atoms with van der Waals surface area (Å²) in [4.78, 5) is 14.4. The fourth-order valence-electron chi connectivity index (χ4n) is 2.42. The highest BCUT2D eigenvalue weighted by Crippen LogP contribution is 2.34. The van der Waals surface area contributed by atoms with Crippen molar-refractivity contribution >= 4 is 5.91 Å². The molecule has 0 bridgehead atoms. The van der Waals surface area contributed by atoms with Crippen LogP contribution in [0.2, 0.25) is 0 Å². The second kappa shape index (κ2) is 6.80. The summed E-state index contributed by atoms with van der Waals surface area (Å²) < 4.78 is 11.6. The van der Waals surface area contributed by atoms with Crippen molar-refractivity contribution in [2.45, 2.75) is 45.4 Å². The third-order valence-electron chi connectivity index (χ3n) is 3.55. The van der Waals surface area contributed by atoms with Gasteiger partial charge in [-0.15, -0.1) is 0 Å². The van der Waals surface area contributed by atoms with Crippen LogP contribution in [-0.4, -0.2) is 47.3 Å². The molecule has 5 nitrogen and oxygen atoms in total. The topological polar surface area (TPSA) is 59.0 Å². The van der Waals surface area contributed by atoms with Crippen LogP contribution in [0.15, 0.2) is 24.3 Å². The quantitative estimate of drug-likeness (QED) is 0.900.